The molecule has 5 heteroatoms. The Kier molecular flexibility index (Phi) is 2.60. The molecule has 0 fully saturated rings. The topological polar surface area (TPSA) is 43.6 Å². The van der Waals surface area contributed by atoms with Crippen LogP contribution in [0, 0.1) is 0 Å². The summed E-state index contributed by atoms with van der Waals surface area (Å²) in [5.74, 6) is -0.311. The molecule has 0 aromatic carbocycles. The molecule has 15 heavy (non-hydrogen) atoms. The molecule has 0 saturated heterocycles. The first-order valence-electron chi connectivity index (χ1n) is 4.40. The minimum atomic E-state index is -0.311. The SMILES string of the molecule is COC(=O)Cc1cn2c(Cl)cccc2n1. The lowest BCUT2D eigenvalue weighted by molar-refractivity contribution is -0.139. The fourth-order valence-corrected chi connectivity index (χ4v) is 1.54. The van der Waals surface area contributed by atoms with E-state index in [2.05, 4.69) is 9.72 Å². The van der Waals surface area contributed by atoms with Gasteiger partial charge in [-0.3, -0.25) is 9.20 Å². The van der Waals surface area contributed by atoms with E-state index in [0.717, 1.165) is 5.65 Å². The molecule has 2 heterocycles. The van der Waals surface area contributed by atoms with Gasteiger partial charge in [-0.25, -0.2) is 4.98 Å². The Hall–Kier alpha value is -1.55. The number of halogens is 1. The fraction of sp³-hybridized carbons (Fsp3) is 0.200. The third-order valence-corrected chi connectivity index (χ3v) is 2.35. The molecule has 2 aromatic rings. The summed E-state index contributed by atoms with van der Waals surface area (Å²) in [4.78, 5) is 15.3. The van der Waals surface area contributed by atoms with Crippen molar-refractivity contribution >= 4 is 23.2 Å². The molecule has 0 saturated carbocycles. The molecule has 0 amide bonds. The quantitative estimate of drug-likeness (QED) is 0.576. The van der Waals surface area contributed by atoms with E-state index >= 15 is 0 Å². The van der Waals surface area contributed by atoms with Crippen LogP contribution in [-0.2, 0) is 16.0 Å². The Morgan fingerprint density at radius 2 is 2.40 bits per heavy atom. The second-order valence-corrected chi connectivity index (χ2v) is 3.45. The van der Waals surface area contributed by atoms with Crippen molar-refractivity contribution in [1.82, 2.24) is 9.38 Å². The lowest BCUT2D eigenvalue weighted by Gasteiger charge is -1.94. The van der Waals surface area contributed by atoms with Crippen molar-refractivity contribution < 1.29 is 9.53 Å². The highest BCUT2D eigenvalue weighted by molar-refractivity contribution is 6.29. The van der Waals surface area contributed by atoms with Crippen LogP contribution in [0.15, 0.2) is 24.4 Å². The summed E-state index contributed by atoms with van der Waals surface area (Å²) in [6, 6.07) is 5.40. The van der Waals surface area contributed by atoms with E-state index in [4.69, 9.17) is 11.6 Å². The van der Waals surface area contributed by atoms with Gasteiger partial charge in [0.25, 0.3) is 0 Å². The third kappa shape index (κ3) is 1.94. The van der Waals surface area contributed by atoms with Crippen LogP contribution in [-0.4, -0.2) is 22.5 Å². The molecule has 0 radical (unpaired) electrons. The van der Waals surface area contributed by atoms with Gasteiger partial charge in [-0.15, -0.1) is 0 Å². The maximum atomic E-state index is 11.0. The van der Waals surface area contributed by atoms with Crippen molar-refractivity contribution in [2.45, 2.75) is 6.42 Å². The summed E-state index contributed by atoms with van der Waals surface area (Å²) in [6.45, 7) is 0. The highest BCUT2D eigenvalue weighted by Crippen LogP contribution is 2.13. The van der Waals surface area contributed by atoms with Gasteiger partial charge >= 0.3 is 5.97 Å². The summed E-state index contributed by atoms with van der Waals surface area (Å²) in [6.07, 6.45) is 1.89. The molecule has 0 N–H and O–H groups in total. The van der Waals surface area contributed by atoms with Crippen molar-refractivity contribution in [2.24, 2.45) is 0 Å². The number of nitrogens with zero attached hydrogens (tertiary/aromatic N) is 2. The predicted octanol–water partition coefficient (Wildman–Crippen LogP) is 1.70. The van der Waals surface area contributed by atoms with Crippen LogP contribution in [0.5, 0.6) is 0 Å². The maximum absolute atomic E-state index is 11.0. The number of ether oxygens (including phenoxy) is 1. The van der Waals surface area contributed by atoms with Crippen LogP contribution >= 0.6 is 11.6 Å². The average Bonchev–Trinajstić information content (AvgIpc) is 2.62. The highest BCUT2D eigenvalue weighted by atomic mass is 35.5. The molecular formula is C10H9ClN2O2. The number of pyridine rings is 1. The van der Waals surface area contributed by atoms with Crippen LogP contribution in [0.4, 0.5) is 0 Å². The fourth-order valence-electron chi connectivity index (χ4n) is 1.33. The summed E-state index contributed by atoms with van der Waals surface area (Å²) in [5.41, 5.74) is 1.37. The number of fused-ring (bicyclic) bond motifs is 1. The molecule has 4 nitrogen and oxygen atoms in total. The van der Waals surface area contributed by atoms with Crippen molar-refractivity contribution in [3.05, 3.63) is 35.2 Å². The van der Waals surface area contributed by atoms with E-state index in [1.165, 1.54) is 7.11 Å². The second kappa shape index (κ2) is 3.90. The zero-order chi connectivity index (χ0) is 10.8. The minimum Gasteiger partial charge on any atom is -0.469 e. The second-order valence-electron chi connectivity index (χ2n) is 3.06. The van der Waals surface area contributed by atoms with Crippen LogP contribution < -0.4 is 0 Å². The summed E-state index contributed by atoms with van der Waals surface area (Å²) >= 11 is 5.95. The zero-order valence-corrected chi connectivity index (χ0v) is 8.86. The van der Waals surface area contributed by atoms with Gasteiger partial charge < -0.3 is 4.74 Å². The summed E-state index contributed by atoms with van der Waals surface area (Å²) < 4.78 is 6.28. The lowest BCUT2D eigenvalue weighted by Crippen LogP contribution is -2.04. The molecular weight excluding hydrogens is 216 g/mol. The smallest absolute Gasteiger partial charge is 0.311 e. The van der Waals surface area contributed by atoms with Crippen LogP contribution in [0.25, 0.3) is 5.65 Å². The number of hydrogen-bond acceptors (Lipinski definition) is 3. The van der Waals surface area contributed by atoms with Gasteiger partial charge in [-0.05, 0) is 12.1 Å². The Balaban J connectivity index is 2.39. The molecule has 0 unspecified atom stereocenters. The van der Waals surface area contributed by atoms with Gasteiger partial charge in [0.05, 0.1) is 19.2 Å². The van der Waals surface area contributed by atoms with Gasteiger partial charge in [-0.2, -0.15) is 0 Å². The number of aromatic nitrogens is 2. The molecule has 2 aromatic heterocycles. The molecule has 2 rings (SSSR count). The number of hydrogen-bond donors (Lipinski definition) is 0. The standard InChI is InChI=1S/C10H9ClN2O2/c1-15-10(14)5-7-6-13-8(11)3-2-4-9(13)12-7/h2-4,6H,5H2,1H3. The molecule has 0 bridgehead atoms. The first-order valence-corrected chi connectivity index (χ1v) is 4.78. The first-order chi connectivity index (χ1) is 7.20. The van der Waals surface area contributed by atoms with E-state index < -0.39 is 0 Å². The Bertz CT molecular complexity index is 507. The number of carbonyl (C=O) groups excluding carboxylic acids is 1. The Morgan fingerprint density at radius 1 is 1.60 bits per heavy atom. The van der Waals surface area contributed by atoms with Gasteiger partial charge in [-0.1, -0.05) is 17.7 Å². The zero-order valence-electron chi connectivity index (χ0n) is 8.11. The summed E-state index contributed by atoms with van der Waals surface area (Å²) in [5, 5.41) is 0.566. The molecule has 78 valence electrons. The van der Waals surface area contributed by atoms with Crippen molar-refractivity contribution in [1.29, 1.82) is 0 Å². The molecule has 0 spiro atoms. The lowest BCUT2D eigenvalue weighted by atomic mass is 10.3. The average molecular weight is 225 g/mol. The van der Waals surface area contributed by atoms with E-state index in [0.29, 0.717) is 10.8 Å². The number of methoxy groups -OCH3 is 1. The van der Waals surface area contributed by atoms with Crippen molar-refractivity contribution in [3.63, 3.8) is 0 Å². The van der Waals surface area contributed by atoms with Crippen LogP contribution in [0.3, 0.4) is 0 Å². The van der Waals surface area contributed by atoms with Gasteiger partial charge in [0.1, 0.15) is 10.8 Å². The predicted molar refractivity (Wildman–Crippen MR) is 55.9 cm³/mol. The van der Waals surface area contributed by atoms with E-state index in [-0.39, 0.29) is 12.4 Å². The number of esters is 1. The number of carbonyl (C=O) groups is 1. The normalized spacial score (nSPS) is 10.5. The maximum Gasteiger partial charge on any atom is 0.311 e. The van der Waals surface area contributed by atoms with Gasteiger partial charge in [0.2, 0.25) is 0 Å². The largest absolute Gasteiger partial charge is 0.469 e. The third-order valence-electron chi connectivity index (χ3n) is 2.05. The van der Waals surface area contributed by atoms with Gasteiger partial charge in [0, 0.05) is 6.20 Å². The highest BCUT2D eigenvalue weighted by Gasteiger charge is 2.08. The monoisotopic (exact) mass is 224 g/mol. The van der Waals surface area contributed by atoms with E-state index in [1.807, 2.05) is 12.1 Å². The number of rotatable bonds is 2. The van der Waals surface area contributed by atoms with Crippen LogP contribution in [0.2, 0.25) is 5.15 Å². The minimum absolute atomic E-state index is 0.161. The van der Waals surface area contributed by atoms with Crippen LogP contribution in [0.1, 0.15) is 5.69 Å². The molecule has 0 aliphatic rings. The van der Waals surface area contributed by atoms with Gasteiger partial charge in [0.15, 0.2) is 0 Å². The van der Waals surface area contributed by atoms with Crippen molar-refractivity contribution in [3.8, 4) is 0 Å². The van der Waals surface area contributed by atoms with Crippen molar-refractivity contribution in [2.75, 3.05) is 7.11 Å². The molecule has 0 atom stereocenters. The van der Waals surface area contributed by atoms with E-state index in [1.54, 1.807) is 16.7 Å². The van der Waals surface area contributed by atoms with E-state index in [9.17, 15) is 4.79 Å². The Labute approximate surface area is 91.4 Å². The molecule has 0 aliphatic carbocycles. The number of imidazole rings is 1. The first kappa shape index (κ1) is 9.98. The summed E-state index contributed by atoms with van der Waals surface area (Å²) in [7, 11) is 1.35. The Morgan fingerprint density at radius 3 is 3.07 bits per heavy atom. The molecule has 0 aliphatic heterocycles.